The average Bonchev–Trinajstić information content (AvgIpc) is 3.13. The number of amides is 2. The van der Waals surface area contributed by atoms with E-state index in [2.05, 4.69) is 26.1 Å². The molecule has 0 radical (unpaired) electrons. The van der Waals surface area contributed by atoms with Crippen molar-refractivity contribution in [3.8, 4) is 0 Å². The van der Waals surface area contributed by atoms with Crippen molar-refractivity contribution in [3.63, 3.8) is 0 Å². The largest absolute Gasteiger partial charge is 0.366 e. The van der Waals surface area contributed by atoms with Crippen molar-refractivity contribution >= 4 is 50.8 Å². The molecule has 7 nitrogen and oxygen atoms in total. The second kappa shape index (κ2) is 9.92. The van der Waals surface area contributed by atoms with Crippen LogP contribution in [0.25, 0.3) is 10.2 Å². The molecule has 34 heavy (non-hydrogen) atoms. The van der Waals surface area contributed by atoms with Crippen LogP contribution in [0.4, 0.5) is 5.69 Å². The minimum Gasteiger partial charge on any atom is -0.366 e. The van der Waals surface area contributed by atoms with Gasteiger partial charge in [-0.15, -0.1) is 11.3 Å². The normalized spacial score (nSPS) is 16.4. The Morgan fingerprint density at radius 2 is 1.97 bits per heavy atom. The second-order valence-electron chi connectivity index (χ2n) is 9.43. The van der Waals surface area contributed by atoms with Crippen LogP contribution in [0.5, 0.6) is 0 Å². The molecule has 0 spiro atoms. The molecule has 1 aliphatic carbocycles. The van der Waals surface area contributed by atoms with E-state index in [1.54, 1.807) is 47.1 Å². The average molecular weight is 499 g/mol. The second-order valence-corrected chi connectivity index (χ2v) is 11.8. The third-order valence-corrected chi connectivity index (χ3v) is 8.25. The number of primary amides is 1. The maximum atomic E-state index is 13.6. The Kier molecular flexibility index (Phi) is 7.14. The van der Waals surface area contributed by atoms with Gasteiger partial charge >= 0.3 is 0 Å². The van der Waals surface area contributed by atoms with E-state index in [9.17, 15) is 14.4 Å². The maximum absolute atomic E-state index is 13.6. The van der Waals surface area contributed by atoms with Crippen molar-refractivity contribution in [3.05, 3.63) is 50.6 Å². The van der Waals surface area contributed by atoms with Crippen LogP contribution in [-0.4, -0.2) is 26.6 Å². The van der Waals surface area contributed by atoms with Gasteiger partial charge in [0, 0.05) is 22.7 Å². The maximum Gasteiger partial charge on any atom is 0.263 e. The number of aryl methyl sites for hydroxylation is 1. The first-order valence-electron chi connectivity index (χ1n) is 11.6. The Bertz CT molecular complexity index is 1290. The molecule has 2 atom stereocenters. The monoisotopic (exact) mass is 498 g/mol. The first-order valence-corrected chi connectivity index (χ1v) is 13.3. The van der Waals surface area contributed by atoms with Gasteiger partial charge in [-0.2, -0.15) is 0 Å². The van der Waals surface area contributed by atoms with Crippen molar-refractivity contribution in [1.82, 2.24) is 9.55 Å². The van der Waals surface area contributed by atoms with Gasteiger partial charge in [-0.05, 0) is 67.9 Å². The van der Waals surface area contributed by atoms with E-state index in [1.807, 2.05) is 0 Å². The van der Waals surface area contributed by atoms with Crippen molar-refractivity contribution in [2.75, 3.05) is 5.32 Å². The summed E-state index contributed by atoms with van der Waals surface area (Å²) < 4.78 is 1.74. The smallest absolute Gasteiger partial charge is 0.263 e. The molecule has 0 aliphatic heterocycles. The van der Waals surface area contributed by atoms with E-state index in [1.165, 1.54) is 22.2 Å². The lowest BCUT2D eigenvalue weighted by molar-refractivity contribution is -0.115. The number of nitrogens with two attached hydrogens (primary N) is 1. The molecule has 180 valence electrons. The van der Waals surface area contributed by atoms with Crippen molar-refractivity contribution in [2.45, 2.75) is 63.9 Å². The number of fused-ring (bicyclic) bond motifs is 3. The third-order valence-electron chi connectivity index (χ3n) is 6.02. The van der Waals surface area contributed by atoms with Crippen molar-refractivity contribution in [2.24, 2.45) is 17.6 Å². The molecular weight excluding hydrogens is 468 g/mol. The lowest BCUT2D eigenvalue weighted by Gasteiger charge is -2.19. The van der Waals surface area contributed by atoms with Crippen molar-refractivity contribution < 1.29 is 9.59 Å². The highest BCUT2D eigenvalue weighted by molar-refractivity contribution is 8.00. The van der Waals surface area contributed by atoms with Crippen molar-refractivity contribution in [1.29, 1.82) is 0 Å². The zero-order chi connectivity index (χ0) is 24.6. The Hall–Kier alpha value is -2.65. The van der Waals surface area contributed by atoms with Crippen LogP contribution in [0.2, 0.25) is 0 Å². The molecular formula is C25H30N4O3S2. The number of nitrogens with one attached hydrogen (secondary N) is 1. The van der Waals surface area contributed by atoms with Gasteiger partial charge in [0.05, 0.1) is 10.6 Å². The fourth-order valence-electron chi connectivity index (χ4n) is 4.19. The number of hydrogen-bond acceptors (Lipinski definition) is 6. The van der Waals surface area contributed by atoms with Crippen LogP contribution < -0.4 is 16.6 Å². The van der Waals surface area contributed by atoms with E-state index in [-0.39, 0.29) is 17.4 Å². The summed E-state index contributed by atoms with van der Waals surface area (Å²) in [6.07, 6.45) is 3.02. The van der Waals surface area contributed by atoms with E-state index >= 15 is 0 Å². The number of benzene rings is 1. The van der Waals surface area contributed by atoms with E-state index in [4.69, 9.17) is 10.7 Å². The number of carbonyl (C=O) groups is 2. The molecule has 0 saturated carbocycles. The summed E-state index contributed by atoms with van der Waals surface area (Å²) in [6, 6.07) is 6.44. The van der Waals surface area contributed by atoms with Gasteiger partial charge in [0.2, 0.25) is 11.8 Å². The van der Waals surface area contributed by atoms with E-state index in [0.29, 0.717) is 28.9 Å². The summed E-state index contributed by atoms with van der Waals surface area (Å²) in [6.45, 7) is 8.74. The Balaban J connectivity index is 1.62. The van der Waals surface area contributed by atoms with Gasteiger partial charge in [0.15, 0.2) is 5.16 Å². The Morgan fingerprint density at radius 1 is 1.26 bits per heavy atom. The van der Waals surface area contributed by atoms with Gasteiger partial charge in [-0.3, -0.25) is 19.0 Å². The molecule has 2 aromatic heterocycles. The highest BCUT2D eigenvalue weighted by atomic mass is 32.2. The van der Waals surface area contributed by atoms with Crippen LogP contribution in [-0.2, 0) is 24.2 Å². The number of thiophene rings is 1. The molecule has 1 aromatic carbocycles. The summed E-state index contributed by atoms with van der Waals surface area (Å²) >= 11 is 2.92. The van der Waals surface area contributed by atoms with Crippen LogP contribution in [0.3, 0.4) is 0 Å². The minimum absolute atomic E-state index is 0.00269. The third kappa shape index (κ3) is 5.05. The molecule has 3 N–H and O–H groups in total. The number of hydrogen-bond donors (Lipinski definition) is 2. The van der Waals surface area contributed by atoms with Crippen LogP contribution >= 0.6 is 23.1 Å². The summed E-state index contributed by atoms with van der Waals surface area (Å²) in [4.78, 5) is 44.7. The fourth-order valence-corrected chi connectivity index (χ4v) is 6.54. The van der Waals surface area contributed by atoms with Gasteiger partial charge < -0.3 is 11.1 Å². The number of anilines is 1. The molecule has 3 aromatic rings. The molecule has 0 saturated heterocycles. The van der Waals surface area contributed by atoms with Crippen LogP contribution in [0, 0.1) is 11.8 Å². The first kappa shape index (κ1) is 24.5. The topological polar surface area (TPSA) is 107 Å². The summed E-state index contributed by atoms with van der Waals surface area (Å²) in [5.41, 5.74) is 7.41. The van der Waals surface area contributed by atoms with Gasteiger partial charge in [-0.25, -0.2) is 4.98 Å². The Labute approximate surface area is 207 Å². The predicted molar refractivity (Wildman–Crippen MR) is 139 cm³/mol. The molecule has 2 unspecified atom stereocenters. The highest BCUT2D eigenvalue weighted by Gasteiger charge is 2.26. The lowest BCUT2D eigenvalue weighted by Crippen LogP contribution is -2.28. The SMILES string of the molecule is CC(C)Cn1c(SC(C)C(=O)Nc2ccc(C(N)=O)cc2)nc2sc3c(c2c1=O)CCC(C)C3. The number of nitrogens with zero attached hydrogens (tertiary/aromatic N) is 2. The molecule has 4 rings (SSSR count). The van der Waals surface area contributed by atoms with Gasteiger partial charge in [-0.1, -0.05) is 32.5 Å². The molecule has 0 fully saturated rings. The number of thioether (sulfide) groups is 1. The molecule has 2 heterocycles. The van der Waals surface area contributed by atoms with E-state index < -0.39 is 11.2 Å². The lowest BCUT2D eigenvalue weighted by atomic mass is 9.89. The predicted octanol–water partition coefficient (Wildman–Crippen LogP) is 4.46. The van der Waals surface area contributed by atoms with Gasteiger partial charge in [0.25, 0.3) is 5.56 Å². The number of rotatable bonds is 7. The fraction of sp³-hybridized carbons (Fsp3) is 0.440. The zero-order valence-corrected chi connectivity index (χ0v) is 21.5. The molecule has 9 heteroatoms. The quantitative estimate of drug-likeness (QED) is 0.369. The molecule has 0 bridgehead atoms. The highest BCUT2D eigenvalue weighted by Crippen LogP contribution is 2.37. The zero-order valence-electron chi connectivity index (χ0n) is 19.9. The number of carbonyl (C=O) groups excluding carboxylic acids is 2. The van der Waals surface area contributed by atoms with E-state index in [0.717, 1.165) is 29.5 Å². The minimum atomic E-state index is -0.517. The standard InChI is InChI=1S/C25H30N4O3S2/c1-13(2)12-29-24(32)20-18-10-5-14(3)11-19(18)34-23(20)28-25(29)33-15(4)22(31)27-17-8-6-16(7-9-17)21(26)30/h6-9,13-15H,5,10-12H2,1-4H3,(H2,26,30)(H,27,31). The Morgan fingerprint density at radius 3 is 2.62 bits per heavy atom. The first-order chi connectivity index (χ1) is 16.1. The van der Waals surface area contributed by atoms with Crippen LogP contribution in [0.1, 0.15) is 54.9 Å². The summed E-state index contributed by atoms with van der Waals surface area (Å²) in [5, 5.41) is 3.72. The summed E-state index contributed by atoms with van der Waals surface area (Å²) in [7, 11) is 0. The molecule has 1 aliphatic rings. The van der Waals surface area contributed by atoms with Gasteiger partial charge in [0.1, 0.15) is 4.83 Å². The summed E-state index contributed by atoms with van der Waals surface area (Å²) in [5.74, 6) is 0.157. The number of aromatic nitrogens is 2. The molecule has 2 amide bonds. The van der Waals surface area contributed by atoms with Crippen LogP contribution in [0.15, 0.2) is 34.2 Å².